The molecule has 0 aromatic heterocycles. The van der Waals surface area contributed by atoms with Crippen molar-refractivity contribution in [1.82, 2.24) is 0 Å². The number of aryl methyl sites for hydroxylation is 1. The minimum Gasteiger partial charge on any atom is -0.299 e. The molecule has 1 aromatic rings. The highest BCUT2D eigenvalue weighted by molar-refractivity contribution is 8.00. The molecular weight excluding hydrogens is 216 g/mol. The fourth-order valence-corrected chi connectivity index (χ4v) is 2.32. The van der Waals surface area contributed by atoms with Crippen LogP contribution in [0.5, 0.6) is 0 Å². The van der Waals surface area contributed by atoms with E-state index in [0.29, 0.717) is 18.0 Å². The molecule has 0 atom stereocenters. The number of hydrogen-bond acceptors (Lipinski definition) is 2. The summed E-state index contributed by atoms with van der Waals surface area (Å²) in [5.41, 5.74) is 1.24. The van der Waals surface area contributed by atoms with Crippen LogP contribution in [-0.4, -0.2) is 11.5 Å². The van der Waals surface area contributed by atoms with Gasteiger partial charge < -0.3 is 0 Å². The maximum atomic E-state index is 11.5. The van der Waals surface area contributed by atoms with Crippen molar-refractivity contribution >= 4 is 17.5 Å². The van der Waals surface area contributed by atoms with E-state index in [2.05, 4.69) is 25.6 Å². The molecule has 0 heterocycles. The van der Waals surface area contributed by atoms with Gasteiger partial charge in [0.25, 0.3) is 0 Å². The minimum atomic E-state index is 0.329. The summed E-state index contributed by atoms with van der Waals surface area (Å²) in [7, 11) is 0. The number of allylic oxidation sites excluding steroid dienone is 1. The largest absolute Gasteiger partial charge is 0.299 e. The van der Waals surface area contributed by atoms with E-state index in [0.717, 1.165) is 12.8 Å². The van der Waals surface area contributed by atoms with Gasteiger partial charge in [0.2, 0.25) is 0 Å². The molecule has 0 amide bonds. The zero-order valence-electron chi connectivity index (χ0n) is 9.74. The van der Waals surface area contributed by atoms with E-state index in [1.807, 2.05) is 18.2 Å². The lowest BCUT2D eigenvalue weighted by Crippen LogP contribution is -2.00. The molecule has 1 nitrogen and oxygen atoms in total. The van der Waals surface area contributed by atoms with Crippen molar-refractivity contribution in [2.24, 2.45) is 0 Å². The van der Waals surface area contributed by atoms with E-state index < -0.39 is 0 Å². The maximum Gasteiger partial charge on any atom is 0.143 e. The predicted octanol–water partition coefficient (Wildman–Crippen LogP) is 4.01. The molecule has 0 saturated carbocycles. The Morgan fingerprint density at radius 2 is 2.19 bits per heavy atom. The van der Waals surface area contributed by atoms with Gasteiger partial charge in [-0.25, -0.2) is 0 Å². The van der Waals surface area contributed by atoms with Crippen LogP contribution in [0, 0.1) is 6.92 Å². The summed E-state index contributed by atoms with van der Waals surface area (Å²) in [6.07, 6.45) is 4.39. The third kappa shape index (κ3) is 4.67. The second kappa shape index (κ2) is 7.29. The van der Waals surface area contributed by atoms with Crippen LogP contribution in [0.25, 0.3) is 0 Å². The van der Waals surface area contributed by atoms with Crippen LogP contribution in [0.2, 0.25) is 0 Å². The standard InChI is InChI=1S/C14H18OS/c1-3-4-5-9-13(15)11-16-14-10-7-6-8-12(14)2/h3,6-8,10H,1,4-5,9,11H2,2H3. The molecule has 0 saturated heterocycles. The van der Waals surface area contributed by atoms with Gasteiger partial charge in [0, 0.05) is 11.3 Å². The highest BCUT2D eigenvalue weighted by Crippen LogP contribution is 2.22. The van der Waals surface area contributed by atoms with E-state index in [1.165, 1.54) is 10.5 Å². The number of unbranched alkanes of at least 4 members (excludes halogenated alkanes) is 1. The molecule has 0 bridgehead atoms. The number of benzene rings is 1. The average molecular weight is 234 g/mol. The maximum absolute atomic E-state index is 11.5. The zero-order chi connectivity index (χ0) is 11.8. The highest BCUT2D eigenvalue weighted by Gasteiger charge is 2.04. The first kappa shape index (κ1) is 13.0. The van der Waals surface area contributed by atoms with E-state index in [-0.39, 0.29) is 0 Å². The summed E-state index contributed by atoms with van der Waals surface area (Å²) in [6, 6.07) is 8.17. The Kier molecular flexibility index (Phi) is 5.94. The van der Waals surface area contributed by atoms with Gasteiger partial charge in [0.15, 0.2) is 0 Å². The number of Topliss-reactive ketones (excluding diaryl/α,β-unsaturated/α-hetero) is 1. The molecule has 0 N–H and O–H groups in total. The summed E-state index contributed by atoms with van der Waals surface area (Å²) in [5.74, 6) is 0.914. The molecule has 0 aliphatic carbocycles. The SMILES string of the molecule is C=CCCCC(=O)CSc1ccccc1C. The number of rotatable bonds is 7. The van der Waals surface area contributed by atoms with Crippen LogP contribution in [0.1, 0.15) is 24.8 Å². The fraction of sp³-hybridized carbons (Fsp3) is 0.357. The summed E-state index contributed by atoms with van der Waals surface area (Å²) in [6.45, 7) is 5.72. The van der Waals surface area contributed by atoms with Crippen LogP contribution in [0.4, 0.5) is 0 Å². The third-order valence-corrected chi connectivity index (χ3v) is 3.58. The molecule has 0 aliphatic rings. The molecular formula is C14H18OS. The first-order valence-corrected chi connectivity index (χ1v) is 6.53. The average Bonchev–Trinajstić information content (AvgIpc) is 2.28. The molecule has 0 radical (unpaired) electrons. The molecule has 86 valence electrons. The smallest absolute Gasteiger partial charge is 0.143 e. The monoisotopic (exact) mass is 234 g/mol. The van der Waals surface area contributed by atoms with Gasteiger partial charge in [-0.15, -0.1) is 18.3 Å². The second-order valence-electron chi connectivity index (χ2n) is 3.77. The molecule has 0 fully saturated rings. The van der Waals surface area contributed by atoms with Crippen molar-refractivity contribution in [2.45, 2.75) is 31.1 Å². The van der Waals surface area contributed by atoms with Gasteiger partial charge in [-0.3, -0.25) is 4.79 Å². The lowest BCUT2D eigenvalue weighted by Gasteiger charge is -2.04. The first-order chi connectivity index (χ1) is 7.74. The number of carbonyl (C=O) groups excluding carboxylic acids is 1. The van der Waals surface area contributed by atoms with Crippen LogP contribution < -0.4 is 0 Å². The van der Waals surface area contributed by atoms with Gasteiger partial charge in [0.1, 0.15) is 5.78 Å². The van der Waals surface area contributed by atoms with Crippen LogP contribution in [0.3, 0.4) is 0 Å². The number of carbonyl (C=O) groups is 1. The Bertz CT molecular complexity index is 358. The van der Waals surface area contributed by atoms with Gasteiger partial charge >= 0.3 is 0 Å². The van der Waals surface area contributed by atoms with E-state index in [1.54, 1.807) is 11.8 Å². The Labute approximate surface area is 102 Å². The summed E-state index contributed by atoms with van der Waals surface area (Å²) in [5, 5.41) is 0. The quantitative estimate of drug-likeness (QED) is 0.403. The summed E-state index contributed by atoms with van der Waals surface area (Å²) < 4.78 is 0. The molecule has 2 heteroatoms. The highest BCUT2D eigenvalue weighted by atomic mass is 32.2. The summed E-state index contributed by atoms with van der Waals surface area (Å²) >= 11 is 1.64. The third-order valence-electron chi connectivity index (χ3n) is 2.35. The number of ketones is 1. The predicted molar refractivity (Wildman–Crippen MR) is 71.0 cm³/mol. The molecule has 0 spiro atoms. The molecule has 0 aliphatic heterocycles. The minimum absolute atomic E-state index is 0.329. The van der Waals surface area contributed by atoms with Crippen molar-refractivity contribution in [1.29, 1.82) is 0 Å². The van der Waals surface area contributed by atoms with E-state index in [9.17, 15) is 4.79 Å². The van der Waals surface area contributed by atoms with Gasteiger partial charge in [-0.1, -0.05) is 24.3 Å². The topological polar surface area (TPSA) is 17.1 Å². The normalized spacial score (nSPS) is 10.1. The van der Waals surface area contributed by atoms with E-state index >= 15 is 0 Å². The van der Waals surface area contributed by atoms with Crippen LogP contribution in [-0.2, 0) is 4.79 Å². The van der Waals surface area contributed by atoms with Crippen molar-refractivity contribution < 1.29 is 4.79 Å². The first-order valence-electron chi connectivity index (χ1n) is 5.55. The molecule has 1 rings (SSSR count). The van der Waals surface area contributed by atoms with Crippen LogP contribution >= 0.6 is 11.8 Å². The molecule has 16 heavy (non-hydrogen) atoms. The van der Waals surface area contributed by atoms with Crippen molar-refractivity contribution in [3.8, 4) is 0 Å². The van der Waals surface area contributed by atoms with Gasteiger partial charge in [-0.2, -0.15) is 0 Å². The van der Waals surface area contributed by atoms with Crippen molar-refractivity contribution in [3.05, 3.63) is 42.5 Å². The Balaban J connectivity index is 2.31. The second-order valence-corrected chi connectivity index (χ2v) is 4.79. The Hall–Kier alpha value is -1.02. The Morgan fingerprint density at radius 1 is 1.44 bits per heavy atom. The number of thioether (sulfide) groups is 1. The number of hydrogen-bond donors (Lipinski definition) is 0. The molecule has 0 unspecified atom stereocenters. The fourth-order valence-electron chi connectivity index (χ4n) is 1.39. The van der Waals surface area contributed by atoms with Crippen molar-refractivity contribution in [2.75, 3.05) is 5.75 Å². The lowest BCUT2D eigenvalue weighted by atomic mass is 10.2. The van der Waals surface area contributed by atoms with Crippen molar-refractivity contribution in [3.63, 3.8) is 0 Å². The summed E-state index contributed by atoms with van der Waals surface area (Å²) in [4.78, 5) is 12.8. The lowest BCUT2D eigenvalue weighted by molar-refractivity contribution is -0.116. The zero-order valence-corrected chi connectivity index (χ0v) is 10.6. The molecule has 1 aromatic carbocycles. The van der Waals surface area contributed by atoms with E-state index in [4.69, 9.17) is 0 Å². The van der Waals surface area contributed by atoms with Gasteiger partial charge in [0.05, 0.1) is 5.75 Å². The Morgan fingerprint density at radius 3 is 2.88 bits per heavy atom. The van der Waals surface area contributed by atoms with Gasteiger partial charge in [-0.05, 0) is 31.4 Å². The van der Waals surface area contributed by atoms with Crippen LogP contribution in [0.15, 0.2) is 41.8 Å².